The van der Waals surface area contributed by atoms with Gasteiger partial charge in [-0.1, -0.05) is 0 Å². The van der Waals surface area contributed by atoms with E-state index in [1.54, 1.807) is 0 Å². The minimum absolute atomic E-state index is 0.0644. The van der Waals surface area contributed by atoms with E-state index in [0.717, 1.165) is 17.4 Å². The molecule has 4 rings (SSSR count). The van der Waals surface area contributed by atoms with Crippen LogP contribution in [0.2, 0.25) is 0 Å². The third kappa shape index (κ3) is 2.20. The minimum atomic E-state index is 0.0644. The summed E-state index contributed by atoms with van der Waals surface area (Å²) in [7, 11) is 0. The van der Waals surface area contributed by atoms with Gasteiger partial charge in [0, 0.05) is 0 Å². The first-order valence-corrected chi connectivity index (χ1v) is 8.65. The van der Waals surface area contributed by atoms with Gasteiger partial charge in [-0.2, -0.15) is 0 Å². The van der Waals surface area contributed by atoms with Crippen molar-refractivity contribution < 1.29 is 0 Å². The summed E-state index contributed by atoms with van der Waals surface area (Å²) in [4.78, 5) is 2.66. The predicted molar refractivity (Wildman–Crippen MR) is 77.6 cm³/mol. The molecular formula is C14H18N4Se. The molecule has 1 aromatic rings. The third-order valence-electron chi connectivity index (χ3n) is 4.47. The molecule has 3 aliphatic heterocycles. The van der Waals surface area contributed by atoms with Crippen LogP contribution in [0, 0.1) is 0 Å². The quantitative estimate of drug-likeness (QED) is 0.864. The molecule has 100 valence electrons. The Hall–Kier alpha value is -0.901. The standard InChI is InChI=1S/C14H18N4Se/c1-4-12(14-13(5-1)16-19-17-14)15-10-6-8-18-7-2-3-11(18)9-10/h1,4-5,10-11,15H,2-3,6-9H2. The summed E-state index contributed by atoms with van der Waals surface area (Å²) in [5.74, 6) is 0. The summed E-state index contributed by atoms with van der Waals surface area (Å²) in [6.45, 7) is 2.57. The second kappa shape index (κ2) is 4.89. The van der Waals surface area contributed by atoms with Gasteiger partial charge in [0.25, 0.3) is 0 Å². The van der Waals surface area contributed by atoms with Crippen LogP contribution in [0.25, 0.3) is 0 Å². The summed E-state index contributed by atoms with van der Waals surface area (Å²) in [5, 5.41) is 3.72. The fourth-order valence-corrected chi connectivity index (χ4v) is 4.65. The van der Waals surface area contributed by atoms with E-state index in [9.17, 15) is 0 Å². The molecule has 3 aliphatic rings. The molecule has 3 heterocycles. The van der Waals surface area contributed by atoms with Crippen LogP contribution in [-0.4, -0.2) is 44.6 Å². The molecule has 1 N–H and O–H groups in total. The van der Waals surface area contributed by atoms with Gasteiger partial charge in [-0.25, -0.2) is 0 Å². The molecule has 0 spiro atoms. The molecule has 0 bridgehead atoms. The van der Waals surface area contributed by atoms with E-state index in [-0.39, 0.29) is 14.6 Å². The zero-order chi connectivity index (χ0) is 12.7. The molecule has 2 atom stereocenters. The molecule has 19 heavy (non-hydrogen) atoms. The van der Waals surface area contributed by atoms with Crippen LogP contribution >= 0.6 is 0 Å². The van der Waals surface area contributed by atoms with E-state index in [0.29, 0.717) is 6.04 Å². The fourth-order valence-electron chi connectivity index (χ4n) is 3.50. The van der Waals surface area contributed by atoms with Gasteiger partial charge in [-0.15, -0.1) is 0 Å². The third-order valence-corrected chi connectivity index (χ3v) is 5.60. The zero-order valence-corrected chi connectivity index (χ0v) is 12.6. The van der Waals surface area contributed by atoms with Gasteiger partial charge in [0.15, 0.2) is 0 Å². The summed E-state index contributed by atoms with van der Waals surface area (Å²) in [6.07, 6.45) is 5.30. The number of fused-ring (bicyclic) bond motifs is 2. The van der Waals surface area contributed by atoms with Gasteiger partial charge in [0.1, 0.15) is 0 Å². The maximum atomic E-state index is 4.55. The van der Waals surface area contributed by atoms with Crippen molar-refractivity contribution in [3.63, 3.8) is 0 Å². The molecule has 0 amide bonds. The molecule has 2 saturated heterocycles. The Bertz CT molecular complexity index is 565. The van der Waals surface area contributed by atoms with E-state index in [4.69, 9.17) is 0 Å². The van der Waals surface area contributed by atoms with Crippen LogP contribution in [0.5, 0.6) is 0 Å². The van der Waals surface area contributed by atoms with Crippen molar-refractivity contribution >= 4 is 31.6 Å². The second-order valence-corrected chi connectivity index (χ2v) is 6.74. The Morgan fingerprint density at radius 1 is 1.21 bits per heavy atom. The van der Waals surface area contributed by atoms with Crippen molar-refractivity contribution in [1.82, 2.24) is 4.90 Å². The first-order chi connectivity index (χ1) is 9.40. The molecule has 0 radical (unpaired) electrons. The number of nitrogens with one attached hydrogen (secondary N) is 1. The van der Waals surface area contributed by atoms with E-state index in [2.05, 4.69) is 36.3 Å². The van der Waals surface area contributed by atoms with E-state index in [1.807, 2.05) is 0 Å². The Morgan fingerprint density at radius 3 is 3.21 bits per heavy atom. The molecule has 0 aromatic heterocycles. The molecule has 1 aromatic carbocycles. The summed E-state index contributed by atoms with van der Waals surface area (Å²) >= 11 is 0.0644. The molecule has 5 heteroatoms. The molecule has 0 saturated carbocycles. The van der Waals surface area contributed by atoms with Crippen LogP contribution in [0.15, 0.2) is 26.1 Å². The van der Waals surface area contributed by atoms with Gasteiger partial charge < -0.3 is 0 Å². The van der Waals surface area contributed by atoms with E-state index < -0.39 is 0 Å². The van der Waals surface area contributed by atoms with Crippen molar-refractivity contribution in [3.05, 3.63) is 18.2 Å². The number of piperidine rings is 1. The van der Waals surface area contributed by atoms with Gasteiger partial charge in [-0.3, -0.25) is 0 Å². The van der Waals surface area contributed by atoms with Crippen LogP contribution in [0.1, 0.15) is 25.7 Å². The molecule has 0 aliphatic carbocycles. The molecule has 2 fully saturated rings. The first kappa shape index (κ1) is 11.9. The van der Waals surface area contributed by atoms with Gasteiger partial charge >= 0.3 is 119 Å². The number of benzene rings is 1. The van der Waals surface area contributed by atoms with Gasteiger partial charge in [0.05, 0.1) is 0 Å². The molecular weight excluding hydrogens is 303 g/mol. The zero-order valence-electron chi connectivity index (χ0n) is 10.9. The normalized spacial score (nSPS) is 28.8. The van der Waals surface area contributed by atoms with Crippen molar-refractivity contribution in [2.45, 2.75) is 37.8 Å². The van der Waals surface area contributed by atoms with Crippen molar-refractivity contribution in [2.24, 2.45) is 7.92 Å². The monoisotopic (exact) mass is 322 g/mol. The first-order valence-electron chi connectivity index (χ1n) is 7.12. The number of hydrogen-bond acceptors (Lipinski definition) is 4. The van der Waals surface area contributed by atoms with Gasteiger partial charge in [-0.05, 0) is 0 Å². The predicted octanol–water partition coefficient (Wildman–Crippen LogP) is 3.07. The summed E-state index contributed by atoms with van der Waals surface area (Å²) in [5.41, 5.74) is 3.36. The number of nitrogens with zero attached hydrogens (tertiary/aromatic N) is 3. The van der Waals surface area contributed by atoms with Gasteiger partial charge in [0.2, 0.25) is 0 Å². The summed E-state index contributed by atoms with van der Waals surface area (Å²) in [6, 6.07) is 7.73. The van der Waals surface area contributed by atoms with Crippen LogP contribution < -0.4 is 5.32 Å². The number of hydrogen-bond donors (Lipinski definition) is 1. The van der Waals surface area contributed by atoms with Crippen molar-refractivity contribution in [1.29, 1.82) is 0 Å². The molecule has 2 unspecified atom stereocenters. The Kier molecular flexibility index (Phi) is 3.06. The van der Waals surface area contributed by atoms with E-state index in [1.165, 1.54) is 44.5 Å². The second-order valence-electron chi connectivity index (χ2n) is 5.64. The SMILES string of the molecule is c1cc2c(c(NC3CCN4CCCC4C3)c1)N=[Se]=N2. The number of anilines is 1. The summed E-state index contributed by atoms with van der Waals surface area (Å²) < 4.78 is 9.01. The Balaban J connectivity index is 1.50. The van der Waals surface area contributed by atoms with Crippen molar-refractivity contribution in [2.75, 3.05) is 18.4 Å². The van der Waals surface area contributed by atoms with Crippen LogP contribution in [0.3, 0.4) is 0 Å². The fraction of sp³-hybridized carbons (Fsp3) is 0.571. The number of rotatable bonds is 2. The van der Waals surface area contributed by atoms with Crippen LogP contribution in [0.4, 0.5) is 17.1 Å². The van der Waals surface area contributed by atoms with E-state index >= 15 is 0 Å². The van der Waals surface area contributed by atoms with Crippen LogP contribution in [-0.2, 0) is 0 Å². The average molecular weight is 321 g/mol. The molecule has 4 nitrogen and oxygen atoms in total. The topological polar surface area (TPSA) is 40.0 Å². The Labute approximate surface area is 119 Å². The Morgan fingerprint density at radius 2 is 2.21 bits per heavy atom. The average Bonchev–Trinajstić information content (AvgIpc) is 3.06. The van der Waals surface area contributed by atoms with Crippen molar-refractivity contribution in [3.8, 4) is 0 Å². The maximum absolute atomic E-state index is 4.55.